The van der Waals surface area contributed by atoms with Crippen LogP contribution in [0, 0.1) is 3.57 Å². The monoisotopic (exact) mass is 296 g/mol. The predicted molar refractivity (Wildman–Crippen MR) is 57.6 cm³/mol. The molecule has 1 heterocycles. The lowest BCUT2D eigenvalue weighted by atomic mass is 10.6. The molecule has 0 N–H and O–H groups in total. The van der Waals surface area contributed by atoms with Gasteiger partial charge in [-0.1, -0.05) is 0 Å². The molecule has 1 aromatic rings. The summed E-state index contributed by atoms with van der Waals surface area (Å²) >= 11 is 2.23. The molecule has 1 rings (SSSR count). The summed E-state index contributed by atoms with van der Waals surface area (Å²) in [5, 5.41) is 4.13. The first-order chi connectivity index (χ1) is 6.33. The Balaban J connectivity index is 2.06. The Morgan fingerprint density at radius 2 is 2.31 bits per heavy atom. The number of hydrogen-bond acceptors (Lipinski definition) is 3. The zero-order valence-corrected chi connectivity index (χ0v) is 9.73. The highest BCUT2D eigenvalue weighted by atomic mass is 127. The lowest BCUT2D eigenvalue weighted by molar-refractivity contribution is 0.0654. The summed E-state index contributed by atoms with van der Waals surface area (Å²) in [5.41, 5.74) is 0. The second-order valence-corrected chi connectivity index (χ2v) is 3.77. The van der Waals surface area contributed by atoms with Crippen molar-refractivity contribution < 1.29 is 9.47 Å². The number of hydrogen-bond donors (Lipinski definition) is 0. The zero-order valence-electron chi connectivity index (χ0n) is 7.57. The van der Waals surface area contributed by atoms with Crippen molar-refractivity contribution in [3.63, 3.8) is 0 Å². The van der Waals surface area contributed by atoms with Crippen LogP contribution in [0.15, 0.2) is 12.4 Å². The fraction of sp³-hybridized carbons (Fsp3) is 0.625. The molecule has 0 bridgehead atoms. The molecule has 0 amide bonds. The van der Waals surface area contributed by atoms with Crippen LogP contribution in [-0.2, 0) is 16.0 Å². The van der Waals surface area contributed by atoms with E-state index in [9.17, 15) is 0 Å². The molecule has 0 aliphatic carbocycles. The van der Waals surface area contributed by atoms with Crippen LogP contribution in [0.25, 0.3) is 0 Å². The lowest BCUT2D eigenvalue weighted by Crippen LogP contribution is -2.09. The lowest BCUT2D eigenvalue weighted by Gasteiger charge is -2.03. The molecule has 1 aromatic heterocycles. The molecule has 0 unspecified atom stereocenters. The van der Waals surface area contributed by atoms with Gasteiger partial charge in [-0.25, -0.2) is 0 Å². The number of rotatable bonds is 6. The van der Waals surface area contributed by atoms with Gasteiger partial charge in [0.1, 0.15) is 0 Å². The van der Waals surface area contributed by atoms with Crippen LogP contribution >= 0.6 is 22.6 Å². The normalized spacial score (nSPS) is 10.6. The molecule has 0 radical (unpaired) electrons. The van der Waals surface area contributed by atoms with Gasteiger partial charge in [0.25, 0.3) is 0 Å². The third-order valence-electron chi connectivity index (χ3n) is 1.50. The van der Waals surface area contributed by atoms with Crippen LogP contribution in [-0.4, -0.2) is 36.7 Å². The Hall–Kier alpha value is -0.140. The van der Waals surface area contributed by atoms with E-state index in [0.717, 1.165) is 10.1 Å². The molecule has 13 heavy (non-hydrogen) atoms. The first-order valence-electron chi connectivity index (χ1n) is 4.07. The molecule has 5 heteroatoms. The van der Waals surface area contributed by atoms with Gasteiger partial charge in [0.15, 0.2) is 0 Å². The first kappa shape index (κ1) is 10.9. The Morgan fingerprint density at radius 3 is 2.92 bits per heavy atom. The molecule has 0 saturated heterocycles. The van der Waals surface area contributed by atoms with Gasteiger partial charge in [0, 0.05) is 13.3 Å². The molecular formula is C8H13IN2O2. The van der Waals surface area contributed by atoms with Gasteiger partial charge in [0.05, 0.1) is 36.1 Å². The van der Waals surface area contributed by atoms with Crippen molar-refractivity contribution >= 4 is 22.6 Å². The van der Waals surface area contributed by atoms with Crippen LogP contribution in [0.3, 0.4) is 0 Å². The Bertz CT molecular complexity index is 240. The van der Waals surface area contributed by atoms with Gasteiger partial charge >= 0.3 is 0 Å². The maximum Gasteiger partial charge on any atom is 0.0701 e. The summed E-state index contributed by atoms with van der Waals surface area (Å²) in [6.07, 6.45) is 3.82. The van der Waals surface area contributed by atoms with E-state index in [4.69, 9.17) is 9.47 Å². The number of methoxy groups -OCH3 is 1. The molecule has 0 aliphatic rings. The van der Waals surface area contributed by atoms with Gasteiger partial charge in [-0.05, 0) is 22.6 Å². The predicted octanol–water partition coefficient (Wildman–Crippen LogP) is 1.15. The molecule has 4 nitrogen and oxygen atoms in total. The molecule has 0 aromatic carbocycles. The van der Waals surface area contributed by atoms with Gasteiger partial charge in [-0.3, -0.25) is 4.68 Å². The van der Waals surface area contributed by atoms with Crippen molar-refractivity contribution in [2.75, 3.05) is 26.9 Å². The fourth-order valence-electron chi connectivity index (χ4n) is 0.863. The molecule has 74 valence electrons. The van der Waals surface area contributed by atoms with Crippen LogP contribution in [0.4, 0.5) is 0 Å². The summed E-state index contributed by atoms with van der Waals surface area (Å²) in [6, 6.07) is 0. The van der Waals surface area contributed by atoms with E-state index in [1.165, 1.54) is 0 Å². The molecular weight excluding hydrogens is 283 g/mol. The number of halogens is 1. The number of nitrogens with zero attached hydrogens (tertiary/aromatic N) is 2. The smallest absolute Gasteiger partial charge is 0.0701 e. The average molecular weight is 296 g/mol. The van der Waals surface area contributed by atoms with Crippen LogP contribution in [0.5, 0.6) is 0 Å². The number of ether oxygens (including phenoxy) is 2. The van der Waals surface area contributed by atoms with Gasteiger partial charge in [-0.2, -0.15) is 5.10 Å². The SMILES string of the molecule is COCCOCCn1cc(I)cn1. The summed E-state index contributed by atoms with van der Waals surface area (Å²) < 4.78 is 13.2. The molecule has 0 atom stereocenters. The van der Waals surface area contributed by atoms with Crippen molar-refractivity contribution in [2.24, 2.45) is 0 Å². The van der Waals surface area contributed by atoms with E-state index >= 15 is 0 Å². The summed E-state index contributed by atoms with van der Waals surface area (Å²) in [4.78, 5) is 0. The highest BCUT2D eigenvalue weighted by molar-refractivity contribution is 14.1. The standard InChI is InChI=1S/C8H13IN2O2/c1-12-4-5-13-3-2-11-7-8(9)6-10-11/h6-7H,2-5H2,1H3. The van der Waals surface area contributed by atoms with Crippen molar-refractivity contribution in [3.8, 4) is 0 Å². The van der Waals surface area contributed by atoms with E-state index in [2.05, 4.69) is 27.7 Å². The van der Waals surface area contributed by atoms with E-state index < -0.39 is 0 Å². The molecule has 0 aliphatic heterocycles. The van der Waals surface area contributed by atoms with E-state index in [-0.39, 0.29) is 0 Å². The minimum Gasteiger partial charge on any atom is -0.382 e. The highest BCUT2D eigenvalue weighted by Gasteiger charge is 1.94. The van der Waals surface area contributed by atoms with E-state index in [1.54, 1.807) is 7.11 Å². The third kappa shape index (κ3) is 4.58. The second kappa shape index (κ2) is 6.33. The van der Waals surface area contributed by atoms with Crippen molar-refractivity contribution in [1.29, 1.82) is 0 Å². The van der Waals surface area contributed by atoms with Gasteiger partial charge in [0.2, 0.25) is 0 Å². The third-order valence-corrected chi connectivity index (χ3v) is 2.06. The minimum atomic E-state index is 0.648. The van der Waals surface area contributed by atoms with Crippen molar-refractivity contribution in [2.45, 2.75) is 6.54 Å². The Labute approximate surface area is 91.4 Å². The number of aromatic nitrogens is 2. The fourth-order valence-corrected chi connectivity index (χ4v) is 1.31. The highest BCUT2D eigenvalue weighted by Crippen LogP contribution is 2.00. The molecule has 0 fully saturated rings. The maximum atomic E-state index is 5.30. The minimum absolute atomic E-state index is 0.648. The van der Waals surface area contributed by atoms with E-state index in [0.29, 0.717) is 19.8 Å². The van der Waals surface area contributed by atoms with Crippen LogP contribution < -0.4 is 0 Å². The Morgan fingerprint density at radius 1 is 1.46 bits per heavy atom. The molecule has 0 saturated carbocycles. The van der Waals surface area contributed by atoms with Crippen LogP contribution in [0.2, 0.25) is 0 Å². The van der Waals surface area contributed by atoms with Crippen molar-refractivity contribution in [3.05, 3.63) is 16.0 Å². The largest absolute Gasteiger partial charge is 0.382 e. The van der Waals surface area contributed by atoms with Crippen molar-refractivity contribution in [1.82, 2.24) is 9.78 Å². The molecule has 0 spiro atoms. The second-order valence-electron chi connectivity index (χ2n) is 2.53. The van der Waals surface area contributed by atoms with Gasteiger partial charge in [-0.15, -0.1) is 0 Å². The summed E-state index contributed by atoms with van der Waals surface area (Å²) in [7, 11) is 1.67. The maximum absolute atomic E-state index is 5.30. The van der Waals surface area contributed by atoms with E-state index in [1.807, 2.05) is 17.1 Å². The van der Waals surface area contributed by atoms with Gasteiger partial charge < -0.3 is 9.47 Å². The summed E-state index contributed by atoms with van der Waals surface area (Å²) in [6.45, 7) is 2.78. The summed E-state index contributed by atoms with van der Waals surface area (Å²) in [5.74, 6) is 0. The average Bonchev–Trinajstić information content (AvgIpc) is 2.51. The first-order valence-corrected chi connectivity index (χ1v) is 5.15. The Kier molecular flexibility index (Phi) is 5.33. The quantitative estimate of drug-likeness (QED) is 0.583. The topological polar surface area (TPSA) is 36.3 Å². The zero-order chi connectivity index (χ0) is 9.52. The van der Waals surface area contributed by atoms with Crippen LogP contribution in [0.1, 0.15) is 0 Å².